The molecule has 2 N–H and O–H groups in total. The second kappa shape index (κ2) is 10.3. The number of hydrogen-bond acceptors (Lipinski definition) is 4. The first kappa shape index (κ1) is 18.7. The summed E-state index contributed by atoms with van der Waals surface area (Å²) in [5, 5.41) is 6.55. The number of furan rings is 1. The fourth-order valence-electron chi connectivity index (χ4n) is 1.84. The summed E-state index contributed by atoms with van der Waals surface area (Å²) in [6, 6.07) is 10.4. The highest BCUT2D eigenvalue weighted by atomic mass is 32.2. The van der Waals surface area contributed by atoms with Gasteiger partial charge in [0.2, 0.25) is 0 Å². The van der Waals surface area contributed by atoms with Crippen LogP contribution >= 0.6 is 24.0 Å². The molecule has 0 aliphatic rings. The normalized spacial score (nSPS) is 10.8. The molecule has 0 atom stereocenters. The summed E-state index contributed by atoms with van der Waals surface area (Å²) in [6.45, 7) is 1.72. The SMILES string of the molecule is FC(F)Sc1ccc(NC(=S)NCCCOCc2ccco2)cc1. The van der Waals surface area contributed by atoms with Crippen molar-refractivity contribution in [2.75, 3.05) is 18.5 Å². The van der Waals surface area contributed by atoms with Crippen LogP contribution in [-0.2, 0) is 11.3 Å². The standard InChI is InChI=1S/C16H18F2N2O2S2/c17-15(18)24-14-6-4-12(5-7-14)20-16(23)19-8-2-9-21-11-13-3-1-10-22-13/h1,3-7,10,15H,2,8-9,11H2,(H2,19,20,23). The van der Waals surface area contributed by atoms with E-state index in [2.05, 4.69) is 10.6 Å². The van der Waals surface area contributed by atoms with E-state index in [1.807, 2.05) is 12.1 Å². The molecule has 130 valence electrons. The molecule has 2 rings (SSSR count). The third-order valence-corrected chi connectivity index (χ3v) is 3.88. The number of thiocarbonyl (C=S) groups is 1. The van der Waals surface area contributed by atoms with Crippen LogP contribution in [0.2, 0.25) is 0 Å². The maximum absolute atomic E-state index is 12.2. The van der Waals surface area contributed by atoms with Crippen LogP contribution in [0.1, 0.15) is 12.2 Å². The van der Waals surface area contributed by atoms with Crippen LogP contribution in [0.3, 0.4) is 0 Å². The van der Waals surface area contributed by atoms with Gasteiger partial charge in [-0.3, -0.25) is 0 Å². The Hall–Kier alpha value is -1.64. The molecule has 0 amide bonds. The number of hydrogen-bond donors (Lipinski definition) is 2. The van der Waals surface area contributed by atoms with Gasteiger partial charge in [0.15, 0.2) is 5.11 Å². The molecule has 0 spiro atoms. The summed E-state index contributed by atoms with van der Waals surface area (Å²) in [6.07, 6.45) is 2.41. The number of anilines is 1. The Balaban J connectivity index is 1.57. The minimum absolute atomic E-state index is 0.457. The van der Waals surface area contributed by atoms with Gasteiger partial charge < -0.3 is 19.8 Å². The molecule has 0 saturated carbocycles. The van der Waals surface area contributed by atoms with Gasteiger partial charge >= 0.3 is 0 Å². The van der Waals surface area contributed by atoms with Crippen LogP contribution in [-0.4, -0.2) is 24.0 Å². The van der Waals surface area contributed by atoms with Gasteiger partial charge in [0, 0.05) is 23.7 Å². The van der Waals surface area contributed by atoms with Gasteiger partial charge in [-0.15, -0.1) is 0 Å². The molecule has 1 aromatic carbocycles. The van der Waals surface area contributed by atoms with E-state index in [0.717, 1.165) is 17.9 Å². The molecule has 1 heterocycles. The lowest BCUT2D eigenvalue weighted by molar-refractivity contribution is 0.105. The Morgan fingerprint density at radius 3 is 2.71 bits per heavy atom. The minimum Gasteiger partial charge on any atom is -0.467 e. The van der Waals surface area contributed by atoms with E-state index in [4.69, 9.17) is 21.4 Å². The van der Waals surface area contributed by atoms with Gasteiger partial charge in [0.05, 0.1) is 6.26 Å². The molecule has 0 saturated heterocycles. The predicted molar refractivity (Wildman–Crippen MR) is 95.5 cm³/mol. The predicted octanol–water partition coefficient (Wildman–Crippen LogP) is 4.49. The van der Waals surface area contributed by atoms with Crippen LogP contribution in [0.5, 0.6) is 0 Å². The van der Waals surface area contributed by atoms with Crippen LogP contribution in [0, 0.1) is 0 Å². The first-order chi connectivity index (χ1) is 11.6. The maximum atomic E-state index is 12.2. The molecule has 0 bridgehead atoms. The van der Waals surface area contributed by atoms with Gasteiger partial charge in [-0.25, -0.2) is 0 Å². The molecule has 24 heavy (non-hydrogen) atoms. The average Bonchev–Trinajstić information content (AvgIpc) is 3.05. The third kappa shape index (κ3) is 7.29. The fourth-order valence-corrected chi connectivity index (χ4v) is 2.56. The van der Waals surface area contributed by atoms with E-state index in [9.17, 15) is 8.78 Å². The lowest BCUT2D eigenvalue weighted by Crippen LogP contribution is -2.29. The Kier molecular flexibility index (Phi) is 8.00. The molecular formula is C16H18F2N2O2S2. The number of rotatable bonds is 9. The molecule has 0 unspecified atom stereocenters. The van der Waals surface area contributed by atoms with Crippen molar-refractivity contribution in [1.82, 2.24) is 5.32 Å². The first-order valence-electron chi connectivity index (χ1n) is 7.33. The summed E-state index contributed by atoms with van der Waals surface area (Å²) >= 11 is 5.69. The van der Waals surface area contributed by atoms with Crippen molar-refractivity contribution in [3.05, 3.63) is 48.4 Å². The largest absolute Gasteiger partial charge is 0.467 e. The number of halogens is 2. The van der Waals surface area contributed by atoms with E-state index < -0.39 is 5.76 Å². The smallest absolute Gasteiger partial charge is 0.288 e. The van der Waals surface area contributed by atoms with Crippen molar-refractivity contribution < 1.29 is 17.9 Å². The second-order valence-electron chi connectivity index (χ2n) is 4.77. The van der Waals surface area contributed by atoms with Crippen LogP contribution in [0.15, 0.2) is 52.0 Å². The Morgan fingerprint density at radius 2 is 2.04 bits per heavy atom. The zero-order valence-corrected chi connectivity index (χ0v) is 14.5. The molecule has 8 heteroatoms. The number of thioether (sulfide) groups is 1. The lowest BCUT2D eigenvalue weighted by atomic mass is 10.3. The van der Waals surface area contributed by atoms with Gasteiger partial charge in [-0.05, 0) is 55.0 Å². The molecule has 0 aliphatic carbocycles. The highest BCUT2D eigenvalue weighted by Gasteiger charge is 2.05. The molecule has 0 radical (unpaired) electrons. The van der Waals surface area contributed by atoms with E-state index >= 15 is 0 Å². The van der Waals surface area contributed by atoms with Crippen molar-refractivity contribution >= 4 is 34.8 Å². The zero-order valence-electron chi connectivity index (χ0n) is 12.8. The quantitative estimate of drug-likeness (QED) is 0.384. The summed E-state index contributed by atoms with van der Waals surface area (Å²) in [5.74, 6) is -1.62. The van der Waals surface area contributed by atoms with E-state index in [1.54, 1.807) is 30.5 Å². The average molecular weight is 372 g/mol. The van der Waals surface area contributed by atoms with Crippen molar-refractivity contribution in [2.24, 2.45) is 0 Å². The number of benzene rings is 1. The first-order valence-corrected chi connectivity index (χ1v) is 8.62. The van der Waals surface area contributed by atoms with Crippen LogP contribution in [0.25, 0.3) is 0 Å². The van der Waals surface area contributed by atoms with Crippen molar-refractivity contribution in [2.45, 2.75) is 23.7 Å². The van der Waals surface area contributed by atoms with Crippen LogP contribution in [0.4, 0.5) is 14.5 Å². The minimum atomic E-state index is -2.42. The topological polar surface area (TPSA) is 46.4 Å². The van der Waals surface area contributed by atoms with Gasteiger partial charge in [-0.2, -0.15) is 8.78 Å². The van der Waals surface area contributed by atoms with E-state index in [1.165, 1.54) is 0 Å². The monoisotopic (exact) mass is 372 g/mol. The Morgan fingerprint density at radius 1 is 1.25 bits per heavy atom. The van der Waals surface area contributed by atoms with E-state index in [-0.39, 0.29) is 0 Å². The zero-order chi connectivity index (χ0) is 17.2. The Bertz CT molecular complexity index is 607. The Labute approximate surface area is 148 Å². The number of ether oxygens (including phenoxy) is 1. The summed E-state index contributed by atoms with van der Waals surface area (Å²) in [5.41, 5.74) is 0.750. The highest BCUT2D eigenvalue weighted by Crippen LogP contribution is 2.26. The molecule has 0 fully saturated rings. The summed E-state index contributed by atoms with van der Waals surface area (Å²) in [4.78, 5) is 0.517. The van der Waals surface area contributed by atoms with Gasteiger partial charge in [-0.1, -0.05) is 11.8 Å². The fraction of sp³-hybridized carbons (Fsp3) is 0.312. The maximum Gasteiger partial charge on any atom is 0.288 e. The summed E-state index contributed by atoms with van der Waals surface area (Å²) < 4.78 is 35.1. The number of nitrogens with one attached hydrogen (secondary N) is 2. The van der Waals surface area contributed by atoms with Gasteiger partial charge in [0.1, 0.15) is 12.4 Å². The molecule has 1 aromatic heterocycles. The van der Waals surface area contributed by atoms with E-state index in [0.29, 0.717) is 41.5 Å². The number of alkyl halides is 2. The second-order valence-corrected chi connectivity index (χ2v) is 6.24. The molecule has 4 nitrogen and oxygen atoms in total. The molecule has 2 aromatic rings. The molecule has 0 aliphatic heterocycles. The lowest BCUT2D eigenvalue weighted by Gasteiger charge is -2.11. The summed E-state index contributed by atoms with van der Waals surface area (Å²) in [7, 11) is 0. The highest BCUT2D eigenvalue weighted by molar-refractivity contribution is 7.99. The van der Waals surface area contributed by atoms with Crippen molar-refractivity contribution in [3.63, 3.8) is 0 Å². The van der Waals surface area contributed by atoms with Gasteiger partial charge in [0.25, 0.3) is 5.76 Å². The molecular weight excluding hydrogens is 354 g/mol. The van der Waals surface area contributed by atoms with Crippen molar-refractivity contribution in [1.29, 1.82) is 0 Å². The third-order valence-electron chi connectivity index (χ3n) is 2.91. The van der Waals surface area contributed by atoms with Crippen molar-refractivity contribution in [3.8, 4) is 0 Å². The van der Waals surface area contributed by atoms with Crippen LogP contribution < -0.4 is 10.6 Å².